The van der Waals surface area contributed by atoms with Crippen LogP contribution >= 0.6 is 0 Å². The van der Waals surface area contributed by atoms with Gasteiger partial charge in [0.25, 0.3) is 6.02 Å². The normalized spacial score (nSPS) is 14.5. The van der Waals surface area contributed by atoms with Gasteiger partial charge in [0.05, 0.1) is 5.92 Å². The fourth-order valence-corrected chi connectivity index (χ4v) is 3.42. The Morgan fingerprint density at radius 3 is 2.76 bits per heavy atom. The van der Waals surface area contributed by atoms with E-state index in [1.165, 1.54) is 6.20 Å². The Hall–Kier alpha value is -3.55. The number of rotatable bonds is 4. The van der Waals surface area contributed by atoms with Crippen molar-refractivity contribution in [2.45, 2.75) is 19.3 Å². The minimum atomic E-state index is -0.588. The topological polar surface area (TPSA) is 94.1 Å². The second-order valence-corrected chi connectivity index (χ2v) is 6.61. The van der Waals surface area contributed by atoms with Crippen LogP contribution in [-0.4, -0.2) is 22.6 Å². The first-order chi connectivity index (χ1) is 14.0. The molecule has 1 aromatic carbocycles. The highest BCUT2D eigenvalue weighted by atomic mass is 19.1. The van der Waals surface area contributed by atoms with Gasteiger partial charge in [-0.25, -0.2) is 4.98 Å². The Kier molecular flexibility index (Phi) is 4.84. The van der Waals surface area contributed by atoms with Crippen LogP contribution < -0.4 is 10.5 Å². The molecule has 0 bridgehead atoms. The molecule has 6 nitrogen and oxygen atoms in total. The van der Waals surface area contributed by atoms with Crippen molar-refractivity contribution < 1.29 is 18.3 Å². The molecule has 0 saturated carbocycles. The third-order valence-electron chi connectivity index (χ3n) is 4.87. The number of ether oxygens (including phenoxy) is 2. The number of nitrogens with two attached hydrogens (primary N) is 1. The van der Waals surface area contributed by atoms with E-state index in [1.54, 1.807) is 36.4 Å². The van der Waals surface area contributed by atoms with E-state index < -0.39 is 23.8 Å². The van der Waals surface area contributed by atoms with Crippen molar-refractivity contribution in [3.05, 3.63) is 71.2 Å². The highest BCUT2D eigenvalue weighted by Gasteiger charge is 2.31. The molecule has 0 spiro atoms. The molecule has 8 heteroatoms. The lowest BCUT2D eigenvalue weighted by atomic mass is 9.87. The number of halogens is 2. The summed E-state index contributed by atoms with van der Waals surface area (Å²) in [5, 5.41) is 7.39. The van der Waals surface area contributed by atoms with Crippen LogP contribution in [-0.2, 0) is 11.2 Å². The molecule has 0 saturated heterocycles. The average molecular weight is 396 g/mol. The second-order valence-electron chi connectivity index (χ2n) is 6.61. The third-order valence-corrected chi connectivity index (χ3v) is 4.87. The summed E-state index contributed by atoms with van der Waals surface area (Å²) in [7, 11) is 0. The first kappa shape index (κ1) is 18.8. The second kappa shape index (κ2) is 7.46. The molecule has 3 N–H and O–H groups in total. The molecule has 0 fully saturated rings. The average Bonchev–Trinajstić information content (AvgIpc) is 2.70. The number of amidine groups is 1. The van der Waals surface area contributed by atoms with E-state index in [0.717, 1.165) is 0 Å². The molecule has 4 rings (SSSR count). The molecular formula is C21H18F2N4O2. The van der Waals surface area contributed by atoms with Crippen LogP contribution in [0.5, 0.6) is 11.6 Å². The van der Waals surface area contributed by atoms with E-state index in [1.807, 2.05) is 6.92 Å². The van der Waals surface area contributed by atoms with E-state index in [0.29, 0.717) is 40.0 Å². The summed E-state index contributed by atoms with van der Waals surface area (Å²) >= 11 is 0. The Morgan fingerprint density at radius 1 is 1.21 bits per heavy atom. The van der Waals surface area contributed by atoms with E-state index in [-0.39, 0.29) is 12.5 Å². The molecule has 148 valence electrons. The molecule has 1 atom stereocenters. The molecule has 0 amide bonds. The van der Waals surface area contributed by atoms with Crippen molar-refractivity contribution in [2.24, 2.45) is 5.73 Å². The van der Waals surface area contributed by atoms with E-state index in [4.69, 9.17) is 20.6 Å². The van der Waals surface area contributed by atoms with Crippen molar-refractivity contribution >= 4 is 6.02 Å². The zero-order valence-corrected chi connectivity index (χ0v) is 15.6. The number of pyridine rings is 2. The van der Waals surface area contributed by atoms with Crippen LogP contribution in [0.3, 0.4) is 0 Å². The van der Waals surface area contributed by atoms with Gasteiger partial charge in [0.15, 0.2) is 0 Å². The maximum absolute atomic E-state index is 14.2. The number of aromatic nitrogens is 2. The minimum Gasteiger partial charge on any atom is -0.465 e. The summed E-state index contributed by atoms with van der Waals surface area (Å²) in [6.45, 7) is 1.86. The summed E-state index contributed by atoms with van der Waals surface area (Å²) in [5.74, 6) is -0.993. The molecule has 1 aliphatic rings. The quantitative estimate of drug-likeness (QED) is 0.393. The summed E-state index contributed by atoms with van der Waals surface area (Å²) in [5.41, 5.74) is 8.10. The fraction of sp³-hybridized carbons (Fsp3) is 0.190. The van der Waals surface area contributed by atoms with Gasteiger partial charge >= 0.3 is 0 Å². The third kappa shape index (κ3) is 3.49. The van der Waals surface area contributed by atoms with Crippen LogP contribution in [0.4, 0.5) is 8.78 Å². The van der Waals surface area contributed by atoms with Crippen molar-refractivity contribution in [1.29, 1.82) is 5.41 Å². The lowest BCUT2D eigenvalue weighted by Crippen LogP contribution is -2.22. The maximum atomic E-state index is 14.2. The first-order valence-electron chi connectivity index (χ1n) is 9.06. The molecule has 3 aromatic rings. The molecule has 1 unspecified atom stereocenters. The number of hydrogen-bond acceptors (Lipinski definition) is 5. The van der Waals surface area contributed by atoms with Crippen molar-refractivity contribution in [1.82, 2.24) is 9.97 Å². The molecule has 0 aliphatic carbocycles. The predicted octanol–water partition coefficient (Wildman–Crippen LogP) is 4.13. The Bertz CT molecular complexity index is 1100. The molecule has 2 aromatic heterocycles. The van der Waals surface area contributed by atoms with Gasteiger partial charge in [-0.15, -0.1) is 0 Å². The van der Waals surface area contributed by atoms with Crippen LogP contribution in [0.1, 0.15) is 29.5 Å². The summed E-state index contributed by atoms with van der Waals surface area (Å²) in [6, 6.07) is 9.69. The first-order valence-corrected chi connectivity index (χ1v) is 9.06. The van der Waals surface area contributed by atoms with Crippen LogP contribution in [0.25, 0.3) is 11.1 Å². The van der Waals surface area contributed by atoms with Crippen molar-refractivity contribution in [2.75, 3.05) is 6.61 Å². The van der Waals surface area contributed by atoms with Gasteiger partial charge in [0.1, 0.15) is 12.4 Å². The lowest BCUT2D eigenvalue weighted by Gasteiger charge is -2.28. The summed E-state index contributed by atoms with van der Waals surface area (Å²) in [6.07, 6.45) is 1.84. The molecular weight excluding hydrogens is 378 g/mol. The molecule has 29 heavy (non-hydrogen) atoms. The van der Waals surface area contributed by atoms with Gasteiger partial charge in [-0.05, 0) is 42.3 Å². The van der Waals surface area contributed by atoms with Crippen LogP contribution in [0, 0.1) is 17.3 Å². The smallest absolute Gasteiger partial charge is 0.279 e. The van der Waals surface area contributed by atoms with E-state index >= 15 is 0 Å². The highest BCUT2D eigenvalue weighted by molar-refractivity contribution is 5.69. The molecule has 1 aliphatic heterocycles. The zero-order valence-electron chi connectivity index (χ0n) is 15.6. The van der Waals surface area contributed by atoms with E-state index in [2.05, 4.69) is 9.97 Å². The fourth-order valence-electron chi connectivity index (χ4n) is 3.42. The summed E-state index contributed by atoms with van der Waals surface area (Å²) in [4.78, 5) is 7.65. The number of fused-ring (bicyclic) bond motifs is 2. The predicted molar refractivity (Wildman–Crippen MR) is 103 cm³/mol. The minimum absolute atomic E-state index is 0.0358. The van der Waals surface area contributed by atoms with Crippen molar-refractivity contribution in [3.63, 3.8) is 0 Å². The van der Waals surface area contributed by atoms with Crippen LogP contribution in [0.15, 0.2) is 42.6 Å². The molecule has 0 radical (unpaired) electrons. The largest absolute Gasteiger partial charge is 0.465 e. The summed E-state index contributed by atoms with van der Waals surface area (Å²) < 4.78 is 39.5. The molecule has 3 heterocycles. The van der Waals surface area contributed by atoms with Gasteiger partial charge in [-0.3, -0.25) is 5.41 Å². The van der Waals surface area contributed by atoms with Gasteiger partial charge in [-0.2, -0.15) is 13.8 Å². The number of nitrogens with zero attached hydrogens (tertiary/aromatic N) is 2. The number of nitrogens with one attached hydrogen (secondary N) is 1. The standard InChI is InChI=1S/C21H18F2N4O2/c1-2-11-8-15-16(10-28-21(24)25)14-9-12(13-4-3-7-26-19(13)23)5-6-17(14)29-20(15)27-18(11)22/h3-9,16H,2,10H2,1H3,(H3,24,25). The maximum Gasteiger partial charge on any atom is 0.279 e. The number of hydrogen-bond donors (Lipinski definition) is 2. The highest BCUT2D eigenvalue weighted by Crippen LogP contribution is 2.45. The lowest BCUT2D eigenvalue weighted by molar-refractivity contribution is 0.272. The number of benzene rings is 1. The van der Waals surface area contributed by atoms with Gasteiger partial charge < -0.3 is 15.2 Å². The van der Waals surface area contributed by atoms with Gasteiger partial charge in [0, 0.05) is 28.5 Å². The monoisotopic (exact) mass is 396 g/mol. The Labute approximate surface area is 165 Å². The zero-order chi connectivity index (χ0) is 20.5. The number of aryl methyl sites for hydroxylation is 1. The van der Waals surface area contributed by atoms with Crippen LogP contribution in [0.2, 0.25) is 0 Å². The van der Waals surface area contributed by atoms with Gasteiger partial charge in [0.2, 0.25) is 17.8 Å². The Balaban J connectivity index is 1.85. The SMILES string of the molecule is CCc1cc2c(nc1F)Oc1ccc(-c3cccnc3F)cc1C2COC(=N)N. The Morgan fingerprint density at radius 2 is 2.03 bits per heavy atom. The van der Waals surface area contributed by atoms with Crippen molar-refractivity contribution in [3.8, 4) is 22.8 Å². The van der Waals surface area contributed by atoms with Gasteiger partial charge in [-0.1, -0.05) is 13.0 Å². The van der Waals surface area contributed by atoms with E-state index in [9.17, 15) is 8.78 Å².